The predicted octanol–water partition coefficient (Wildman–Crippen LogP) is 3.33. The largest absolute Gasteiger partial charge is 0.385 e. The SMILES string of the molecule is CNC1c2ccccc2CCCC1CCCOC. The average molecular weight is 247 g/mol. The second-order valence-corrected chi connectivity index (χ2v) is 5.25. The Hall–Kier alpha value is -0.860. The highest BCUT2D eigenvalue weighted by Crippen LogP contribution is 2.35. The molecule has 0 saturated heterocycles. The zero-order chi connectivity index (χ0) is 12.8. The molecule has 0 saturated carbocycles. The minimum Gasteiger partial charge on any atom is -0.385 e. The number of hydrogen-bond acceptors (Lipinski definition) is 2. The second kappa shape index (κ2) is 6.91. The number of nitrogens with one attached hydrogen (secondary N) is 1. The summed E-state index contributed by atoms with van der Waals surface area (Å²) in [6.07, 6.45) is 6.29. The molecule has 2 nitrogen and oxygen atoms in total. The van der Waals surface area contributed by atoms with Crippen molar-refractivity contribution in [1.82, 2.24) is 5.32 Å². The molecule has 2 rings (SSSR count). The van der Waals surface area contributed by atoms with Crippen LogP contribution in [-0.4, -0.2) is 20.8 Å². The van der Waals surface area contributed by atoms with Crippen molar-refractivity contribution in [3.8, 4) is 0 Å². The van der Waals surface area contributed by atoms with Crippen LogP contribution >= 0.6 is 0 Å². The molecular weight excluding hydrogens is 222 g/mol. The summed E-state index contributed by atoms with van der Waals surface area (Å²) in [6.45, 7) is 0.884. The Balaban J connectivity index is 2.12. The van der Waals surface area contributed by atoms with Crippen molar-refractivity contribution in [1.29, 1.82) is 0 Å². The molecule has 0 amide bonds. The maximum absolute atomic E-state index is 5.18. The molecular formula is C16H25NO. The number of ether oxygens (including phenoxy) is 1. The Morgan fingerprint density at radius 3 is 2.94 bits per heavy atom. The van der Waals surface area contributed by atoms with E-state index in [1.165, 1.54) is 43.2 Å². The summed E-state index contributed by atoms with van der Waals surface area (Å²) >= 11 is 0. The number of methoxy groups -OCH3 is 1. The summed E-state index contributed by atoms with van der Waals surface area (Å²) in [5, 5.41) is 3.54. The molecule has 1 aliphatic rings. The Bertz CT molecular complexity index is 364. The van der Waals surface area contributed by atoms with E-state index in [0.29, 0.717) is 6.04 Å². The first kappa shape index (κ1) is 13.6. The highest BCUT2D eigenvalue weighted by atomic mass is 16.5. The van der Waals surface area contributed by atoms with E-state index in [2.05, 4.69) is 36.6 Å². The summed E-state index contributed by atoms with van der Waals surface area (Å²) < 4.78 is 5.18. The molecule has 1 aliphatic carbocycles. The molecule has 2 heteroatoms. The zero-order valence-electron chi connectivity index (χ0n) is 11.6. The highest BCUT2D eigenvalue weighted by molar-refractivity contribution is 5.31. The van der Waals surface area contributed by atoms with E-state index < -0.39 is 0 Å². The van der Waals surface area contributed by atoms with Crippen molar-refractivity contribution in [2.24, 2.45) is 5.92 Å². The molecule has 0 radical (unpaired) electrons. The van der Waals surface area contributed by atoms with Crippen LogP contribution in [0, 0.1) is 5.92 Å². The monoisotopic (exact) mass is 247 g/mol. The summed E-state index contributed by atoms with van der Waals surface area (Å²) in [6, 6.07) is 9.43. The van der Waals surface area contributed by atoms with E-state index in [4.69, 9.17) is 4.74 Å². The van der Waals surface area contributed by atoms with Crippen LogP contribution in [-0.2, 0) is 11.2 Å². The van der Waals surface area contributed by atoms with Gasteiger partial charge in [0.15, 0.2) is 0 Å². The van der Waals surface area contributed by atoms with Crippen molar-refractivity contribution < 1.29 is 4.74 Å². The van der Waals surface area contributed by atoms with E-state index in [9.17, 15) is 0 Å². The lowest BCUT2D eigenvalue weighted by Gasteiger charge is -2.26. The van der Waals surface area contributed by atoms with Crippen LogP contribution in [0.2, 0.25) is 0 Å². The molecule has 1 aromatic rings. The minimum atomic E-state index is 0.514. The number of rotatable bonds is 5. The van der Waals surface area contributed by atoms with Crippen molar-refractivity contribution >= 4 is 0 Å². The molecule has 0 bridgehead atoms. The fourth-order valence-corrected chi connectivity index (χ4v) is 3.23. The molecule has 2 unspecified atom stereocenters. The predicted molar refractivity (Wildman–Crippen MR) is 75.8 cm³/mol. The van der Waals surface area contributed by atoms with E-state index in [1.54, 1.807) is 7.11 Å². The van der Waals surface area contributed by atoms with Gasteiger partial charge < -0.3 is 10.1 Å². The van der Waals surface area contributed by atoms with Crippen LogP contribution in [0.3, 0.4) is 0 Å². The van der Waals surface area contributed by atoms with Crippen molar-refractivity contribution in [3.63, 3.8) is 0 Å². The first-order chi connectivity index (χ1) is 8.86. The maximum atomic E-state index is 5.18. The van der Waals surface area contributed by atoms with E-state index >= 15 is 0 Å². The van der Waals surface area contributed by atoms with E-state index in [-0.39, 0.29) is 0 Å². The van der Waals surface area contributed by atoms with Crippen LogP contribution < -0.4 is 5.32 Å². The van der Waals surface area contributed by atoms with Gasteiger partial charge in [0.05, 0.1) is 0 Å². The molecule has 2 atom stereocenters. The lowest BCUT2D eigenvalue weighted by atomic mass is 9.87. The molecule has 0 aliphatic heterocycles. The first-order valence-electron chi connectivity index (χ1n) is 7.11. The molecule has 0 fully saturated rings. The van der Waals surface area contributed by atoms with Gasteiger partial charge >= 0.3 is 0 Å². The quantitative estimate of drug-likeness (QED) is 0.636. The summed E-state index contributed by atoms with van der Waals surface area (Å²) in [5.74, 6) is 0.744. The molecule has 0 aromatic heterocycles. The second-order valence-electron chi connectivity index (χ2n) is 5.25. The third-order valence-corrected chi connectivity index (χ3v) is 4.12. The molecule has 1 aromatic carbocycles. The van der Waals surface area contributed by atoms with Gasteiger partial charge in [-0.2, -0.15) is 0 Å². The van der Waals surface area contributed by atoms with Gasteiger partial charge in [0.2, 0.25) is 0 Å². The number of fused-ring (bicyclic) bond motifs is 1. The Kier molecular flexibility index (Phi) is 5.21. The summed E-state index contributed by atoms with van der Waals surface area (Å²) in [5.41, 5.74) is 3.05. The summed E-state index contributed by atoms with van der Waals surface area (Å²) in [4.78, 5) is 0. The first-order valence-corrected chi connectivity index (χ1v) is 7.11. The molecule has 0 heterocycles. The third kappa shape index (κ3) is 3.12. The van der Waals surface area contributed by atoms with Crippen LogP contribution in [0.15, 0.2) is 24.3 Å². The lowest BCUT2D eigenvalue weighted by Crippen LogP contribution is -2.25. The normalized spacial score (nSPS) is 23.4. The summed E-state index contributed by atoms with van der Waals surface area (Å²) in [7, 11) is 3.88. The Morgan fingerprint density at radius 1 is 1.33 bits per heavy atom. The van der Waals surface area contributed by atoms with Gasteiger partial charge in [0.1, 0.15) is 0 Å². The van der Waals surface area contributed by atoms with Gasteiger partial charge in [0, 0.05) is 19.8 Å². The van der Waals surface area contributed by atoms with E-state index in [1.807, 2.05) is 0 Å². The van der Waals surface area contributed by atoms with Crippen LogP contribution in [0.5, 0.6) is 0 Å². The standard InChI is InChI=1S/C16H25NO/c1-17-16-14(10-6-12-18-2)9-5-8-13-7-3-4-11-15(13)16/h3-4,7,11,14,16-17H,5-6,8-10,12H2,1-2H3. The zero-order valence-corrected chi connectivity index (χ0v) is 11.6. The van der Waals surface area contributed by atoms with Crippen molar-refractivity contribution in [2.75, 3.05) is 20.8 Å². The smallest absolute Gasteiger partial charge is 0.0462 e. The van der Waals surface area contributed by atoms with Gasteiger partial charge in [-0.15, -0.1) is 0 Å². The fourth-order valence-electron chi connectivity index (χ4n) is 3.23. The average Bonchev–Trinajstić information content (AvgIpc) is 2.58. The van der Waals surface area contributed by atoms with E-state index in [0.717, 1.165) is 12.5 Å². The molecule has 100 valence electrons. The fraction of sp³-hybridized carbons (Fsp3) is 0.625. The van der Waals surface area contributed by atoms with Crippen LogP contribution in [0.4, 0.5) is 0 Å². The number of aryl methyl sites for hydroxylation is 1. The Labute approximate surface area is 111 Å². The lowest BCUT2D eigenvalue weighted by molar-refractivity contribution is 0.181. The van der Waals surface area contributed by atoms with Crippen molar-refractivity contribution in [2.45, 2.75) is 38.1 Å². The van der Waals surface area contributed by atoms with Gasteiger partial charge in [-0.3, -0.25) is 0 Å². The number of benzene rings is 1. The van der Waals surface area contributed by atoms with Gasteiger partial charge in [-0.05, 0) is 56.2 Å². The van der Waals surface area contributed by atoms with Crippen molar-refractivity contribution in [3.05, 3.63) is 35.4 Å². The van der Waals surface area contributed by atoms with Gasteiger partial charge in [-0.1, -0.05) is 24.3 Å². The molecule has 18 heavy (non-hydrogen) atoms. The van der Waals surface area contributed by atoms with Crippen LogP contribution in [0.1, 0.15) is 42.9 Å². The van der Waals surface area contributed by atoms with Crippen LogP contribution in [0.25, 0.3) is 0 Å². The Morgan fingerprint density at radius 2 is 2.17 bits per heavy atom. The highest BCUT2D eigenvalue weighted by Gasteiger charge is 2.25. The minimum absolute atomic E-state index is 0.514. The molecule has 1 N–H and O–H groups in total. The van der Waals surface area contributed by atoms with Gasteiger partial charge in [-0.25, -0.2) is 0 Å². The maximum Gasteiger partial charge on any atom is 0.0462 e. The molecule has 0 spiro atoms. The topological polar surface area (TPSA) is 21.3 Å². The van der Waals surface area contributed by atoms with Gasteiger partial charge in [0.25, 0.3) is 0 Å². The number of hydrogen-bond donors (Lipinski definition) is 1. The third-order valence-electron chi connectivity index (χ3n) is 4.12.